The SMILES string of the molecule is CC(NC1CS(=O)(=O)C1)c1ccc(O)cc1. The van der Waals surface area contributed by atoms with E-state index >= 15 is 0 Å². The van der Waals surface area contributed by atoms with E-state index in [2.05, 4.69) is 5.32 Å². The summed E-state index contributed by atoms with van der Waals surface area (Å²) in [7, 11) is -2.77. The molecule has 0 bridgehead atoms. The normalized spacial score (nSPS) is 21.3. The number of sulfone groups is 1. The van der Waals surface area contributed by atoms with Crippen LogP contribution in [0.4, 0.5) is 0 Å². The molecular weight excluding hydrogens is 226 g/mol. The summed E-state index contributed by atoms with van der Waals surface area (Å²) in [6.07, 6.45) is 0. The molecule has 4 nitrogen and oxygen atoms in total. The van der Waals surface area contributed by atoms with Crippen molar-refractivity contribution in [1.29, 1.82) is 0 Å². The third kappa shape index (κ3) is 2.54. The van der Waals surface area contributed by atoms with Crippen molar-refractivity contribution in [2.75, 3.05) is 11.5 Å². The van der Waals surface area contributed by atoms with Crippen LogP contribution in [0.5, 0.6) is 5.75 Å². The summed E-state index contributed by atoms with van der Waals surface area (Å²) < 4.78 is 22.0. The maximum atomic E-state index is 11.0. The van der Waals surface area contributed by atoms with Gasteiger partial charge in [-0.25, -0.2) is 8.42 Å². The van der Waals surface area contributed by atoms with Gasteiger partial charge in [-0.1, -0.05) is 12.1 Å². The maximum absolute atomic E-state index is 11.0. The third-order valence-corrected chi connectivity index (χ3v) is 4.61. The highest BCUT2D eigenvalue weighted by Gasteiger charge is 2.33. The van der Waals surface area contributed by atoms with Gasteiger partial charge in [0, 0.05) is 12.1 Å². The second kappa shape index (κ2) is 4.07. The van der Waals surface area contributed by atoms with E-state index < -0.39 is 9.84 Å². The smallest absolute Gasteiger partial charge is 0.153 e. The van der Waals surface area contributed by atoms with Gasteiger partial charge in [-0.15, -0.1) is 0 Å². The van der Waals surface area contributed by atoms with Gasteiger partial charge in [-0.3, -0.25) is 0 Å². The molecule has 0 aliphatic carbocycles. The van der Waals surface area contributed by atoms with Crippen molar-refractivity contribution in [3.05, 3.63) is 29.8 Å². The number of phenolic OH excluding ortho intramolecular Hbond substituents is 1. The lowest BCUT2D eigenvalue weighted by atomic mass is 10.1. The van der Waals surface area contributed by atoms with Crippen LogP contribution in [0.3, 0.4) is 0 Å². The van der Waals surface area contributed by atoms with Crippen LogP contribution in [-0.2, 0) is 9.84 Å². The molecule has 2 rings (SSSR count). The molecule has 1 atom stereocenters. The zero-order valence-electron chi connectivity index (χ0n) is 9.05. The highest BCUT2D eigenvalue weighted by atomic mass is 32.2. The average molecular weight is 241 g/mol. The van der Waals surface area contributed by atoms with Gasteiger partial charge in [-0.2, -0.15) is 0 Å². The molecule has 2 N–H and O–H groups in total. The summed E-state index contributed by atoms with van der Waals surface area (Å²) in [6, 6.07) is 7.09. The molecule has 16 heavy (non-hydrogen) atoms. The Labute approximate surface area is 95.2 Å². The number of rotatable bonds is 3. The first-order chi connectivity index (χ1) is 7.46. The molecule has 1 aromatic rings. The van der Waals surface area contributed by atoms with Gasteiger partial charge < -0.3 is 10.4 Å². The summed E-state index contributed by atoms with van der Waals surface area (Å²) in [5.74, 6) is 0.701. The van der Waals surface area contributed by atoms with Crippen LogP contribution < -0.4 is 5.32 Å². The predicted octanol–water partition coefficient (Wildman–Crippen LogP) is 0.840. The monoisotopic (exact) mass is 241 g/mol. The van der Waals surface area contributed by atoms with Crippen molar-refractivity contribution >= 4 is 9.84 Å². The van der Waals surface area contributed by atoms with Crippen LogP contribution >= 0.6 is 0 Å². The third-order valence-electron chi connectivity index (χ3n) is 2.79. The average Bonchev–Trinajstić information content (AvgIpc) is 2.15. The van der Waals surface area contributed by atoms with E-state index in [4.69, 9.17) is 5.11 Å². The lowest BCUT2D eigenvalue weighted by Gasteiger charge is -2.30. The lowest BCUT2D eigenvalue weighted by molar-refractivity contribution is 0.464. The van der Waals surface area contributed by atoms with E-state index in [-0.39, 0.29) is 29.3 Å². The molecule has 1 heterocycles. The number of hydrogen-bond donors (Lipinski definition) is 2. The lowest BCUT2D eigenvalue weighted by Crippen LogP contribution is -2.51. The standard InChI is InChI=1S/C11H15NO3S/c1-8(9-2-4-11(13)5-3-9)12-10-6-16(14,15)7-10/h2-5,8,10,12-13H,6-7H2,1H3. The number of nitrogens with one attached hydrogen (secondary N) is 1. The van der Waals surface area contributed by atoms with E-state index in [9.17, 15) is 8.42 Å². The van der Waals surface area contributed by atoms with E-state index in [0.29, 0.717) is 0 Å². The molecule has 0 aromatic heterocycles. The van der Waals surface area contributed by atoms with E-state index in [1.807, 2.05) is 19.1 Å². The summed E-state index contributed by atoms with van der Waals surface area (Å²) >= 11 is 0. The Bertz CT molecular complexity index is 455. The number of hydrogen-bond acceptors (Lipinski definition) is 4. The van der Waals surface area contributed by atoms with Crippen LogP contribution in [0.15, 0.2) is 24.3 Å². The van der Waals surface area contributed by atoms with Crippen LogP contribution in [0.25, 0.3) is 0 Å². The molecule has 0 radical (unpaired) electrons. The Kier molecular flexibility index (Phi) is 2.90. The van der Waals surface area contributed by atoms with E-state index in [0.717, 1.165) is 5.56 Å². The van der Waals surface area contributed by atoms with Crippen molar-refractivity contribution in [3.63, 3.8) is 0 Å². The zero-order valence-corrected chi connectivity index (χ0v) is 9.87. The highest BCUT2D eigenvalue weighted by molar-refractivity contribution is 7.92. The Hall–Kier alpha value is -1.07. The Balaban J connectivity index is 1.94. The molecule has 0 amide bonds. The zero-order chi connectivity index (χ0) is 11.8. The van der Waals surface area contributed by atoms with Gasteiger partial charge in [0.2, 0.25) is 0 Å². The molecule has 1 saturated heterocycles. The molecule has 1 unspecified atom stereocenters. The minimum atomic E-state index is -2.77. The van der Waals surface area contributed by atoms with Crippen molar-refractivity contribution in [1.82, 2.24) is 5.32 Å². The number of aromatic hydroxyl groups is 1. The Morgan fingerprint density at radius 3 is 2.38 bits per heavy atom. The van der Waals surface area contributed by atoms with Gasteiger partial charge in [0.1, 0.15) is 5.75 Å². The molecule has 1 aliphatic rings. The number of benzene rings is 1. The molecule has 88 valence electrons. The van der Waals surface area contributed by atoms with Crippen molar-refractivity contribution in [2.45, 2.75) is 19.0 Å². The fourth-order valence-corrected chi connectivity index (χ4v) is 3.19. The summed E-state index contributed by atoms with van der Waals surface area (Å²) in [6.45, 7) is 1.98. The minimum absolute atomic E-state index is 0.0637. The van der Waals surface area contributed by atoms with Crippen LogP contribution in [0.2, 0.25) is 0 Å². The first-order valence-corrected chi connectivity index (χ1v) is 7.04. The second-order valence-corrected chi connectivity index (χ2v) is 6.41. The summed E-state index contributed by atoms with van der Waals surface area (Å²) in [5, 5.41) is 12.4. The molecular formula is C11H15NO3S. The first kappa shape index (κ1) is 11.4. The highest BCUT2D eigenvalue weighted by Crippen LogP contribution is 2.19. The van der Waals surface area contributed by atoms with Gasteiger partial charge in [-0.05, 0) is 24.6 Å². The molecule has 0 saturated carbocycles. The Morgan fingerprint density at radius 2 is 1.88 bits per heavy atom. The largest absolute Gasteiger partial charge is 0.508 e. The van der Waals surface area contributed by atoms with E-state index in [1.54, 1.807) is 12.1 Å². The maximum Gasteiger partial charge on any atom is 0.153 e. The minimum Gasteiger partial charge on any atom is -0.508 e. The predicted molar refractivity (Wildman–Crippen MR) is 62.1 cm³/mol. The van der Waals surface area contributed by atoms with Crippen LogP contribution in [0.1, 0.15) is 18.5 Å². The van der Waals surface area contributed by atoms with Crippen LogP contribution in [0, 0.1) is 0 Å². The fourth-order valence-electron chi connectivity index (χ4n) is 1.87. The van der Waals surface area contributed by atoms with Crippen molar-refractivity contribution in [3.8, 4) is 5.75 Å². The number of phenols is 1. The van der Waals surface area contributed by atoms with Crippen LogP contribution in [-0.4, -0.2) is 31.1 Å². The molecule has 5 heteroatoms. The van der Waals surface area contributed by atoms with Crippen molar-refractivity contribution < 1.29 is 13.5 Å². The molecule has 1 fully saturated rings. The second-order valence-electron chi connectivity index (χ2n) is 4.25. The molecule has 1 aliphatic heterocycles. The molecule has 1 aromatic carbocycles. The Morgan fingerprint density at radius 1 is 1.31 bits per heavy atom. The fraction of sp³-hybridized carbons (Fsp3) is 0.455. The molecule has 0 spiro atoms. The first-order valence-electron chi connectivity index (χ1n) is 5.22. The summed E-state index contributed by atoms with van der Waals surface area (Å²) in [5.41, 5.74) is 1.04. The van der Waals surface area contributed by atoms with Gasteiger partial charge >= 0.3 is 0 Å². The van der Waals surface area contributed by atoms with E-state index in [1.165, 1.54) is 0 Å². The van der Waals surface area contributed by atoms with Gasteiger partial charge in [0.15, 0.2) is 9.84 Å². The van der Waals surface area contributed by atoms with Gasteiger partial charge in [0.25, 0.3) is 0 Å². The topological polar surface area (TPSA) is 66.4 Å². The summed E-state index contributed by atoms with van der Waals surface area (Å²) in [4.78, 5) is 0. The van der Waals surface area contributed by atoms with Crippen molar-refractivity contribution in [2.24, 2.45) is 0 Å². The quantitative estimate of drug-likeness (QED) is 0.823. The van der Waals surface area contributed by atoms with Gasteiger partial charge in [0.05, 0.1) is 11.5 Å².